The third-order valence-electron chi connectivity index (χ3n) is 29.8. The first-order chi connectivity index (χ1) is 69.5. The molecule has 0 unspecified atom stereocenters. The van der Waals surface area contributed by atoms with Gasteiger partial charge in [0.15, 0.2) is 0 Å². The van der Waals surface area contributed by atoms with Crippen LogP contribution in [-0.4, -0.2) is 27.4 Å². The van der Waals surface area contributed by atoms with Crippen molar-refractivity contribution in [2.75, 3.05) is 0 Å². The fraction of sp³-hybridized carbons (Fsp3) is 0. The van der Waals surface area contributed by atoms with E-state index >= 15 is 0 Å². The van der Waals surface area contributed by atoms with Gasteiger partial charge in [-0.15, -0.1) is 0 Å². The Morgan fingerprint density at radius 2 is 0.279 bits per heavy atom. The highest BCUT2D eigenvalue weighted by Gasteiger charge is 2.26. The molecule has 0 aliphatic carbocycles. The number of nitrogens with zero attached hydrogens (tertiary/aromatic N) is 6. The van der Waals surface area contributed by atoms with Gasteiger partial charge in [0.1, 0.15) is 0 Å². The van der Waals surface area contributed by atoms with E-state index in [1.165, 1.54) is 262 Å². The van der Waals surface area contributed by atoms with Crippen LogP contribution in [0.2, 0.25) is 0 Å². The molecule has 6 heterocycles. The molecule has 0 radical (unpaired) electrons. The fourth-order valence-corrected chi connectivity index (χ4v) is 23.6. The van der Waals surface area contributed by atoms with Gasteiger partial charge in [0.25, 0.3) is 0 Å². The summed E-state index contributed by atoms with van der Waals surface area (Å²) in [5, 5.41) is 35.7. The summed E-state index contributed by atoms with van der Waals surface area (Å²) in [4.78, 5) is 0. The van der Waals surface area contributed by atoms with Gasteiger partial charge in [-0.2, -0.15) is 0 Å². The quantitative estimate of drug-likeness (QED) is 0.136. The summed E-state index contributed by atoms with van der Waals surface area (Å²) < 4.78 is 14.6. The smallest absolute Gasteiger partial charge is 0.0548 e. The minimum Gasteiger partial charge on any atom is -0.309 e. The lowest BCUT2D eigenvalue weighted by Gasteiger charge is -2.14. The molecule has 0 atom stereocenters. The van der Waals surface area contributed by atoms with Crippen LogP contribution in [0.25, 0.3) is 273 Å². The second kappa shape index (κ2) is 31.5. The van der Waals surface area contributed by atoms with E-state index in [0.717, 1.165) is 11.4 Å². The zero-order chi connectivity index (χ0) is 91.7. The lowest BCUT2D eigenvalue weighted by atomic mass is 9.94. The van der Waals surface area contributed by atoms with Gasteiger partial charge in [-0.1, -0.05) is 364 Å². The average Bonchev–Trinajstić information content (AvgIpc) is 1.54. The molecule has 31 aromatic rings. The van der Waals surface area contributed by atoms with Crippen molar-refractivity contribution in [3.8, 4) is 56.4 Å². The van der Waals surface area contributed by atoms with E-state index in [1.807, 2.05) is 0 Å². The van der Waals surface area contributed by atoms with Crippen LogP contribution in [0.3, 0.4) is 0 Å². The van der Waals surface area contributed by atoms with Crippen molar-refractivity contribution in [1.29, 1.82) is 0 Å². The molecule has 0 N–H and O–H groups in total. The topological polar surface area (TPSA) is 29.6 Å². The van der Waals surface area contributed by atoms with Crippen LogP contribution in [0.4, 0.5) is 0 Å². The molecule has 650 valence electrons. The Bertz CT molecular complexity index is 10500. The average molecular weight is 1780 g/mol. The summed E-state index contributed by atoms with van der Waals surface area (Å²) in [6.45, 7) is 0. The Balaban J connectivity index is 0.000000101. The number of para-hydroxylation sites is 7. The Labute approximate surface area is 804 Å². The summed E-state index contributed by atoms with van der Waals surface area (Å²) in [6.07, 6.45) is 0. The number of benzene rings is 25. The third kappa shape index (κ3) is 12.2. The Hall–Kier alpha value is -18.6. The second-order valence-corrected chi connectivity index (χ2v) is 37.3. The van der Waals surface area contributed by atoms with E-state index in [0.29, 0.717) is 0 Å². The summed E-state index contributed by atoms with van der Waals surface area (Å²) >= 11 is 0. The molecule has 0 aliphatic heterocycles. The van der Waals surface area contributed by atoms with Gasteiger partial charge in [-0.25, -0.2) is 0 Å². The van der Waals surface area contributed by atoms with Crippen LogP contribution < -0.4 is 0 Å². The Kier molecular flexibility index (Phi) is 17.7. The molecule has 0 saturated carbocycles. The van der Waals surface area contributed by atoms with Crippen LogP contribution in [0.1, 0.15) is 0 Å². The maximum atomic E-state index is 2.47. The zero-order valence-electron chi connectivity index (χ0n) is 76.2. The number of hydrogen-bond donors (Lipinski definition) is 0. The molecule has 140 heavy (non-hydrogen) atoms. The van der Waals surface area contributed by atoms with Crippen LogP contribution in [0.5, 0.6) is 0 Å². The molecular formula is C134H84N6. The summed E-state index contributed by atoms with van der Waals surface area (Å²) in [7, 11) is 0. The van der Waals surface area contributed by atoms with Crippen molar-refractivity contribution < 1.29 is 0 Å². The highest BCUT2D eigenvalue weighted by Crippen LogP contribution is 2.48. The molecular weight excluding hydrogens is 1690 g/mol. The number of hydrogen-bond acceptors (Lipinski definition) is 0. The normalized spacial score (nSPS) is 12.0. The highest BCUT2D eigenvalue weighted by molar-refractivity contribution is 6.29. The van der Waals surface area contributed by atoms with Crippen LogP contribution in [0, 0.1) is 0 Å². The molecule has 0 fully saturated rings. The largest absolute Gasteiger partial charge is 0.309 e. The molecule has 6 nitrogen and oxygen atoms in total. The van der Waals surface area contributed by atoms with Crippen molar-refractivity contribution in [3.63, 3.8) is 0 Å². The van der Waals surface area contributed by atoms with Crippen molar-refractivity contribution >= 4 is 217 Å². The number of aromatic nitrogens is 6. The van der Waals surface area contributed by atoms with E-state index in [4.69, 9.17) is 0 Å². The Morgan fingerprint density at radius 3 is 0.586 bits per heavy atom. The first-order valence-corrected chi connectivity index (χ1v) is 48.3. The molecule has 25 aromatic carbocycles. The third-order valence-corrected chi connectivity index (χ3v) is 29.8. The van der Waals surface area contributed by atoms with E-state index in [-0.39, 0.29) is 0 Å². The predicted octanol–water partition coefficient (Wildman–Crippen LogP) is 36.2. The standard InChI is InChI=1S/C48H30N2.C44H28N2.C42H26N2/c1-2-12-31(13-3-1)32-22-24-33(25-23-32)49-45-20-10-8-18-40(45)43-30-48-44(29-47(43)49)41-19-9-11-21-46(41)50(48)34-26-27-39-37-16-5-4-14-35(37)36-15-6-7-17-38(36)42(39)28-34;1-2-10-29(11-3-1)30-20-22-33(23-21-30)45-41-16-8-6-14-37(41)39-28-44-40(27-43(39)45)38-15-7-9-17-42(38)46(44)34-24-25-36-32(26-34)19-18-31-12-4-5-13-35(31)36;1-2-12-27(13-3-1)43-39-20-10-8-18-34(39)37-26-42-38(25-41(37)43)35-19-9-11-21-40(35)44(42)28-22-23-33-31-16-5-4-14-29(31)30-15-6-7-17-32(30)36(33)24-28/h1-30H;1-28H;1-26H. The van der Waals surface area contributed by atoms with Gasteiger partial charge in [0, 0.05) is 98.8 Å². The van der Waals surface area contributed by atoms with Crippen molar-refractivity contribution in [1.82, 2.24) is 27.4 Å². The van der Waals surface area contributed by atoms with Crippen LogP contribution in [-0.2, 0) is 0 Å². The van der Waals surface area contributed by atoms with Gasteiger partial charge in [-0.05, 0) is 254 Å². The first kappa shape index (κ1) is 78.8. The number of fused-ring (bicyclic) bond motifs is 33. The van der Waals surface area contributed by atoms with Gasteiger partial charge in [0.05, 0.1) is 66.2 Å². The molecule has 31 rings (SSSR count). The van der Waals surface area contributed by atoms with Crippen molar-refractivity contribution in [2.24, 2.45) is 0 Å². The summed E-state index contributed by atoms with van der Waals surface area (Å²) in [5.74, 6) is 0. The van der Waals surface area contributed by atoms with Gasteiger partial charge in [-0.3, -0.25) is 0 Å². The van der Waals surface area contributed by atoms with E-state index in [1.54, 1.807) is 0 Å². The zero-order valence-corrected chi connectivity index (χ0v) is 76.2. The maximum Gasteiger partial charge on any atom is 0.0548 e. The van der Waals surface area contributed by atoms with Crippen LogP contribution in [0.15, 0.2) is 510 Å². The van der Waals surface area contributed by atoms with Gasteiger partial charge in [0.2, 0.25) is 0 Å². The maximum absolute atomic E-state index is 2.47. The molecule has 0 saturated heterocycles. The SMILES string of the molecule is c1ccc(-c2ccc(-n3c4ccccc4c4cc5c(cc43)c3ccccc3n5-c3ccc4c(ccc5ccccc54)c3)cc2)cc1.c1ccc(-c2ccc(-n3c4ccccc4c4cc5c(cc43)c3ccccc3n5-c3ccc4c5ccccc5c5ccccc5c4c3)cc2)cc1.c1ccc(-n2c3ccccc3c3cc4c(cc32)c2ccccc2n4-c2ccc3c4ccccc4c4ccccc4c3c2)cc1. The van der Waals surface area contributed by atoms with E-state index in [2.05, 4.69) is 537 Å². The first-order valence-electron chi connectivity index (χ1n) is 48.3. The second-order valence-electron chi connectivity index (χ2n) is 37.3. The number of rotatable bonds is 8. The van der Waals surface area contributed by atoms with Gasteiger partial charge < -0.3 is 27.4 Å². The minimum absolute atomic E-state index is 1.16. The van der Waals surface area contributed by atoms with E-state index < -0.39 is 0 Å². The highest BCUT2D eigenvalue weighted by atomic mass is 15.0. The monoisotopic (exact) mass is 1780 g/mol. The fourth-order valence-electron chi connectivity index (χ4n) is 23.6. The molecule has 0 amide bonds. The Morgan fingerprint density at radius 1 is 0.0857 bits per heavy atom. The molecule has 6 aromatic heterocycles. The molecule has 0 bridgehead atoms. The molecule has 6 heteroatoms. The van der Waals surface area contributed by atoms with E-state index in [9.17, 15) is 0 Å². The lowest BCUT2D eigenvalue weighted by molar-refractivity contribution is 1.18. The molecule has 0 spiro atoms. The predicted molar refractivity (Wildman–Crippen MR) is 596 cm³/mol. The van der Waals surface area contributed by atoms with Crippen molar-refractivity contribution in [3.05, 3.63) is 510 Å². The van der Waals surface area contributed by atoms with Crippen LogP contribution >= 0.6 is 0 Å². The summed E-state index contributed by atoms with van der Waals surface area (Å²) in [5.41, 5.74) is 26.5. The van der Waals surface area contributed by atoms with Crippen molar-refractivity contribution in [2.45, 2.75) is 0 Å². The lowest BCUT2D eigenvalue weighted by Crippen LogP contribution is -1.95. The minimum atomic E-state index is 1.16. The molecule has 0 aliphatic rings. The summed E-state index contributed by atoms with van der Waals surface area (Å²) in [6, 6.07) is 187. The van der Waals surface area contributed by atoms with Gasteiger partial charge >= 0.3 is 0 Å².